The summed E-state index contributed by atoms with van der Waals surface area (Å²) in [6.45, 7) is 13.1. The van der Waals surface area contributed by atoms with Gasteiger partial charge in [-0.1, -0.05) is 25.5 Å². The Hall–Kier alpha value is -1.23. The first-order valence-electron chi connectivity index (χ1n) is 24.6. The lowest BCUT2D eigenvalue weighted by atomic mass is 9.43. The van der Waals surface area contributed by atoms with Gasteiger partial charge in [0.2, 0.25) is 0 Å². The highest BCUT2D eigenvalue weighted by atomic mass is 16.8. The van der Waals surface area contributed by atoms with Crippen LogP contribution >= 0.6 is 0 Å². The third kappa shape index (κ3) is 8.82. The first-order chi connectivity index (χ1) is 31.2. The van der Waals surface area contributed by atoms with Crippen molar-refractivity contribution in [3.63, 3.8) is 0 Å². The molecule has 0 spiro atoms. The number of fused-ring (bicyclic) bond motifs is 5. The van der Waals surface area contributed by atoms with Crippen LogP contribution in [-0.4, -0.2) is 176 Å². The Kier molecular flexibility index (Phi) is 15.3. The van der Waals surface area contributed by atoms with Gasteiger partial charge in [-0.25, -0.2) is 0 Å². The highest BCUT2D eigenvalue weighted by molar-refractivity contribution is 5.80. The molecule has 17 heteroatoms. The minimum absolute atomic E-state index is 0.0514. The minimum atomic E-state index is -1.58. The highest BCUT2D eigenvalue weighted by Gasteiger charge is 2.76. The molecule has 17 nitrogen and oxygen atoms in total. The van der Waals surface area contributed by atoms with Crippen LogP contribution < -0.4 is 0 Å². The van der Waals surface area contributed by atoms with Crippen molar-refractivity contribution in [2.24, 2.45) is 22.7 Å². The fraction of sp³-hybridized carbons (Fsp3) is 0.939. The second-order valence-corrected chi connectivity index (χ2v) is 21.3. The van der Waals surface area contributed by atoms with E-state index in [0.717, 1.165) is 0 Å². The number of aliphatic hydroxyl groups is 4. The van der Waals surface area contributed by atoms with Gasteiger partial charge >= 0.3 is 0 Å². The Labute approximate surface area is 390 Å². The van der Waals surface area contributed by atoms with E-state index in [9.17, 15) is 25.2 Å². The summed E-state index contributed by atoms with van der Waals surface area (Å²) in [7, 11) is 6.53. The molecule has 0 aromatic carbocycles. The van der Waals surface area contributed by atoms with Crippen molar-refractivity contribution in [1.29, 1.82) is 0 Å². The van der Waals surface area contributed by atoms with E-state index < -0.39 is 114 Å². The molecular weight excluding hydrogens is 861 g/mol. The van der Waals surface area contributed by atoms with E-state index in [2.05, 4.69) is 13.0 Å². The molecule has 0 radical (unpaired) electrons. The van der Waals surface area contributed by atoms with Crippen LogP contribution in [0.3, 0.4) is 0 Å². The molecular formula is C49H80O17. The zero-order chi connectivity index (χ0) is 47.7. The molecule has 0 aromatic rings. The molecule has 3 saturated carbocycles. The molecule has 0 unspecified atom stereocenters. The number of hydrogen-bond donors (Lipinski definition) is 4. The number of aliphatic hydroxyl groups excluding tert-OH is 2. The maximum atomic E-state index is 12.7. The molecule has 66 heavy (non-hydrogen) atoms. The molecule has 8 rings (SSSR count). The summed E-state index contributed by atoms with van der Waals surface area (Å²) >= 11 is 0. The third-order valence-electron chi connectivity index (χ3n) is 17.9. The Bertz CT molecular complexity index is 1720. The van der Waals surface area contributed by atoms with Gasteiger partial charge in [0.15, 0.2) is 25.2 Å². The molecule has 0 aromatic heterocycles. The maximum absolute atomic E-state index is 12.7. The van der Waals surface area contributed by atoms with Crippen molar-refractivity contribution >= 4 is 5.78 Å². The second kappa shape index (κ2) is 19.8. The van der Waals surface area contributed by atoms with Crippen LogP contribution in [-0.2, 0) is 61.6 Å². The molecule has 0 bridgehead atoms. The van der Waals surface area contributed by atoms with Crippen LogP contribution in [0.5, 0.6) is 0 Å². The quantitative estimate of drug-likeness (QED) is 0.193. The molecule has 24 atom stereocenters. The SMILES string of the molecule is CO[C@H]1C[C@H](O[C@H]2[C@@H](OC)C[C@H](O[C@@H]3[C@@H](C)O[C@@H](O[C@@H]4[C@@H](C)O[C@@H](O[C@H]5CC[C@@]6(C)C(=CC[C@]7(O)[C@@H]6C[C@@H](O)[C@]6(C)[C@H](C(C)=O)CC[C@@]67O)C5)C[C@H]4OC)C[C@H]3OC)O[C@@H]2C)O[C@H](C)[C@H]1O. The van der Waals surface area contributed by atoms with Crippen LogP contribution in [0, 0.1) is 22.7 Å². The molecule has 4 saturated heterocycles. The van der Waals surface area contributed by atoms with Crippen molar-refractivity contribution in [3.05, 3.63) is 11.6 Å². The van der Waals surface area contributed by atoms with E-state index in [1.165, 1.54) is 12.5 Å². The fourth-order valence-electron chi connectivity index (χ4n) is 14.0. The Balaban J connectivity index is 0.843. The molecule has 378 valence electrons. The number of Topliss-reactive ketones (excluding diaryl/α,β-unsaturated/α-hetero) is 1. The monoisotopic (exact) mass is 941 g/mol. The molecule has 4 aliphatic heterocycles. The average Bonchev–Trinajstić information content (AvgIpc) is 3.58. The van der Waals surface area contributed by atoms with Gasteiger partial charge in [0.1, 0.15) is 41.4 Å². The van der Waals surface area contributed by atoms with E-state index in [-0.39, 0.29) is 49.0 Å². The number of carbonyl (C=O) groups is 1. The van der Waals surface area contributed by atoms with Crippen LogP contribution in [0.15, 0.2) is 11.6 Å². The first-order valence-corrected chi connectivity index (χ1v) is 24.6. The lowest BCUT2D eigenvalue weighted by Gasteiger charge is -2.66. The van der Waals surface area contributed by atoms with E-state index in [1.807, 2.05) is 20.8 Å². The number of methoxy groups -OCH3 is 4. The lowest BCUT2D eigenvalue weighted by molar-refractivity contribution is -0.347. The van der Waals surface area contributed by atoms with Crippen LogP contribution in [0.2, 0.25) is 0 Å². The maximum Gasteiger partial charge on any atom is 0.161 e. The van der Waals surface area contributed by atoms with E-state index in [1.54, 1.807) is 42.3 Å². The normalized spacial score (nSPS) is 53.0. The van der Waals surface area contributed by atoms with Gasteiger partial charge < -0.3 is 77.3 Å². The smallest absolute Gasteiger partial charge is 0.161 e. The molecule has 0 amide bonds. The second-order valence-electron chi connectivity index (χ2n) is 21.3. The lowest BCUT2D eigenvalue weighted by Crippen LogP contribution is -2.75. The molecule has 4 N–H and O–H groups in total. The molecule has 4 aliphatic carbocycles. The molecule has 7 fully saturated rings. The van der Waals surface area contributed by atoms with E-state index in [0.29, 0.717) is 57.8 Å². The predicted molar refractivity (Wildman–Crippen MR) is 235 cm³/mol. The van der Waals surface area contributed by atoms with Gasteiger partial charge in [-0.3, -0.25) is 4.79 Å². The van der Waals surface area contributed by atoms with Crippen molar-refractivity contribution in [1.82, 2.24) is 0 Å². The van der Waals surface area contributed by atoms with Crippen molar-refractivity contribution < 1.29 is 82.1 Å². The number of carbonyl (C=O) groups excluding carboxylic acids is 1. The third-order valence-corrected chi connectivity index (χ3v) is 17.9. The minimum Gasteiger partial charge on any atom is -0.392 e. The van der Waals surface area contributed by atoms with Gasteiger partial charge in [0, 0.05) is 71.4 Å². The topological polar surface area (TPSA) is 209 Å². The largest absolute Gasteiger partial charge is 0.392 e. The van der Waals surface area contributed by atoms with Crippen molar-refractivity contribution in [3.8, 4) is 0 Å². The van der Waals surface area contributed by atoms with Gasteiger partial charge in [-0.05, 0) is 85.0 Å². The Morgan fingerprint density at radius 3 is 1.56 bits per heavy atom. The van der Waals surface area contributed by atoms with E-state index >= 15 is 0 Å². The van der Waals surface area contributed by atoms with Gasteiger partial charge in [-0.15, -0.1) is 0 Å². The van der Waals surface area contributed by atoms with Gasteiger partial charge in [-0.2, -0.15) is 0 Å². The van der Waals surface area contributed by atoms with Gasteiger partial charge in [0.05, 0.1) is 61.0 Å². The van der Waals surface area contributed by atoms with Crippen LogP contribution in [0.1, 0.15) is 119 Å². The fourth-order valence-corrected chi connectivity index (χ4v) is 14.0. The summed E-state index contributed by atoms with van der Waals surface area (Å²) in [6.07, 6.45) is -1.60. The Morgan fingerprint density at radius 1 is 0.636 bits per heavy atom. The predicted octanol–water partition coefficient (Wildman–Crippen LogP) is 3.86. The summed E-state index contributed by atoms with van der Waals surface area (Å²) in [5.41, 5.74) is -3.43. The first kappa shape index (κ1) is 51.1. The average molecular weight is 941 g/mol. The molecule has 8 aliphatic rings. The molecule has 4 heterocycles. The van der Waals surface area contributed by atoms with Gasteiger partial charge in [0.25, 0.3) is 0 Å². The summed E-state index contributed by atoms with van der Waals surface area (Å²) < 4.78 is 75.1. The number of ether oxygens (including phenoxy) is 12. The van der Waals surface area contributed by atoms with E-state index in [4.69, 9.17) is 56.8 Å². The van der Waals surface area contributed by atoms with Crippen molar-refractivity contribution in [2.75, 3.05) is 28.4 Å². The Morgan fingerprint density at radius 2 is 1.09 bits per heavy atom. The summed E-state index contributed by atoms with van der Waals surface area (Å²) in [5.74, 6) is -0.921. The zero-order valence-corrected chi connectivity index (χ0v) is 41.0. The number of hydrogen-bond acceptors (Lipinski definition) is 17. The van der Waals surface area contributed by atoms with Crippen LogP contribution in [0.4, 0.5) is 0 Å². The summed E-state index contributed by atoms with van der Waals surface area (Å²) in [4.78, 5) is 12.7. The highest BCUT2D eigenvalue weighted by Crippen LogP contribution is 2.69. The summed E-state index contributed by atoms with van der Waals surface area (Å²) in [5, 5.41) is 47.1. The zero-order valence-electron chi connectivity index (χ0n) is 41.0. The number of ketones is 1. The summed E-state index contributed by atoms with van der Waals surface area (Å²) in [6, 6.07) is 0. The standard InChI is InChI=1S/C49H80O17/c1-24(50)31-14-17-49(54)47(31,7)37(51)23-36-46(6)15-13-30(18-29(46)12-16-48(36,49)53)63-38-20-33(56-9)43(26(3)60-38)65-40-22-35(58-11)45(28(5)62-40)66-41-21-34(57-10)44(27(4)61-41)64-39-19-32(55-8)42(52)25(2)59-39/h12,25-28,30-45,51-54H,13-23H2,1-11H3/t25-,26-,27-,28-,30+,31+,32+,33-,34+,35-,36-,37-,38+,39+,40+,41+,42-,43-,44-,45-,46+,47+,48+,49-/m1/s1. The number of rotatable bonds is 13. The van der Waals surface area contributed by atoms with Crippen molar-refractivity contribution in [2.45, 2.75) is 241 Å². The van der Waals surface area contributed by atoms with Crippen LogP contribution in [0.25, 0.3) is 0 Å².